The molecule has 1 unspecified atom stereocenters. The van der Waals surface area contributed by atoms with E-state index in [2.05, 4.69) is 27.8 Å². The van der Waals surface area contributed by atoms with Gasteiger partial charge in [0.15, 0.2) is 0 Å². The largest absolute Gasteiger partial charge is 0.350 e. The van der Waals surface area contributed by atoms with Crippen LogP contribution in [-0.2, 0) is 14.6 Å². The second-order valence-corrected chi connectivity index (χ2v) is 6.64. The first-order valence-corrected chi connectivity index (χ1v) is 7.12. The first-order valence-electron chi connectivity index (χ1n) is 4.26. The second kappa shape index (κ2) is 6.24. The van der Waals surface area contributed by atoms with Gasteiger partial charge in [0.2, 0.25) is 5.91 Å². The molecule has 5 nitrogen and oxygen atoms in total. The molecule has 0 fully saturated rings. The molecule has 0 rings (SSSR count). The maximum atomic E-state index is 11.3. The lowest BCUT2D eigenvalue weighted by atomic mass is 10.2. The number of hydrogen-bond donors (Lipinski definition) is 2. The zero-order valence-electron chi connectivity index (χ0n) is 8.49. The summed E-state index contributed by atoms with van der Waals surface area (Å²) in [5.74, 6) is -0.462. The molecule has 3 N–H and O–H groups in total. The monoisotopic (exact) mass is 298 g/mol. The van der Waals surface area contributed by atoms with Crippen LogP contribution >= 0.6 is 15.9 Å². The Bertz CT molecular complexity index is 340. The van der Waals surface area contributed by atoms with Crippen molar-refractivity contribution >= 4 is 31.7 Å². The first-order chi connectivity index (χ1) is 6.72. The van der Waals surface area contributed by atoms with Gasteiger partial charge >= 0.3 is 0 Å². The predicted octanol–water partition coefficient (Wildman–Crippen LogP) is -0.227. The van der Waals surface area contributed by atoms with Crippen molar-refractivity contribution < 1.29 is 13.2 Å². The molecule has 0 saturated heterocycles. The van der Waals surface area contributed by atoms with Crippen LogP contribution in [0, 0.1) is 0 Å². The molecule has 0 radical (unpaired) electrons. The molecule has 0 aliphatic heterocycles. The Hall–Kier alpha value is -0.400. The molecule has 0 aromatic heterocycles. The van der Waals surface area contributed by atoms with Crippen molar-refractivity contribution in [2.45, 2.75) is 12.5 Å². The fraction of sp³-hybridized carbons (Fsp3) is 0.625. The predicted molar refractivity (Wildman–Crippen MR) is 63.4 cm³/mol. The summed E-state index contributed by atoms with van der Waals surface area (Å²) in [6, 6.07) is -0.799. The van der Waals surface area contributed by atoms with Crippen LogP contribution in [0.3, 0.4) is 0 Å². The molecule has 0 heterocycles. The van der Waals surface area contributed by atoms with Crippen LogP contribution in [0.2, 0.25) is 0 Å². The van der Waals surface area contributed by atoms with Crippen LogP contribution < -0.4 is 11.1 Å². The van der Waals surface area contributed by atoms with Crippen molar-refractivity contribution in [3.63, 3.8) is 0 Å². The fourth-order valence-electron chi connectivity index (χ4n) is 0.786. The van der Waals surface area contributed by atoms with Gasteiger partial charge in [-0.2, -0.15) is 0 Å². The number of sulfone groups is 1. The third-order valence-electron chi connectivity index (χ3n) is 1.59. The normalized spacial score (nSPS) is 13.3. The quantitative estimate of drug-likeness (QED) is 0.709. The van der Waals surface area contributed by atoms with E-state index in [9.17, 15) is 13.2 Å². The van der Waals surface area contributed by atoms with Crippen molar-refractivity contribution in [1.82, 2.24) is 5.32 Å². The average Bonchev–Trinajstić information content (AvgIpc) is 2.08. The summed E-state index contributed by atoms with van der Waals surface area (Å²) in [6.45, 7) is 3.82. The van der Waals surface area contributed by atoms with Crippen LogP contribution in [0.15, 0.2) is 11.1 Å². The van der Waals surface area contributed by atoms with Gasteiger partial charge in [-0.15, -0.1) is 0 Å². The molecule has 0 bridgehead atoms. The number of nitrogens with one attached hydrogen (secondary N) is 1. The van der Waals surface area contributed by atoms with Gasteiger partial charge < -0.3 is 11.1 Å². The number of carbonyl (C=O) groups is 1. The minimum atomic E-state index is -3.07. The third kappa shape index (κ3) is 8.59. The zero-order valence-corrected chi connectivity index (χ0v) is 10.9. The Labute approximate surface area is 98.1 Å². The van der Waals surface area contributed by atoms with Gasteiger partial charge in [-0.1, -0.05) is 22.5 Å². The van der Waals surface area contributed by atoms with E-state index in [1.807, 2.05) is 0 Å². The lowest BCUT2D eigenvalue weighted by Gasteiger charge is -2.10. The minimum absolute atomic E-state index is 0.0865. The molecule has 0 aromatic rings. The topological polar surface area (TPSA) is 89.3 Å². The van der Waals surface area contributed by atoms with Crippen LogP contribution in [-0.4, -0.2) is 38.9 Å². The van der Waals surface area contributed by atoms with Gasteiger partial charge in [-0.05, 0) is 6.42 Å². The van der Waals surface area contributed by atoms with Crippen LogP contribution in [0.25, 0.3) is 0 Å². The average molecular weight is 299 g/mol. The van der Waals surface area contributed by atoms with E-state index in [0.29, 0.717) is 4.48 Å². The van der Waals surface area contributed by atoms with Crippen LogP contribution in [0.4, 0.5) is 0 Å². The van der Waals surface area contributed by atoms with E-state index >= 15 is 0 Å². The minimum Gasteiger partial charge on any atom is -0.350 e. The van der Waals surface area contributed by atoms with Crippen molar-refractivity contribution in [2.75, 3.05) is 18.6 Å². The Morgan fingerprint density at radius 1 is 1.60 bits per heavy atom. The summed E-state index contributed by atoms with van der Waals surface area (Å²) in [5, 5.41) is 2.51. The Balaban J connectivity index is 3.95. The molecule has 1 atom stereocenters. The second-order valence-electron chi connectivity index (χ2n) is 3.26. The van der Waals surface area contributed by atoms with E-state index in [0.717, 1.165) is 6.26 Å². The number of hydrogen-bond acceptors (Lipinski definition) is 4. The van der Waals surface area contributed by atoms with Gasteiger partial charge in [0.25, 0.3) is 0 Å². The number of nitrogens with two attached hydrogens (primary N) is 1. The molecule has 0 aromatic carbocycles. The van der Waals surface area contributed by atoms with E-state index < -0.39 is 15.9 Å². The van der Waals surface area contributed by atoms with Crippen molar-refractivity contribution in [2.24, 2.45) is 5.73 Å². The highest BCUT2D eigenvalue weighted by molar-refractivity contribution is 9.11. The molecular formula is C8H15BrN2O3S. The molecule has 15 heavy (non-hydrogen) atoms. The van der Waals surface area contributed by atoms with Gasteiger partial charge in [0, 0.05) is 17.3 Å². The van der Waals surface area contributed by atoms with E-state index in [4.69, 9.17) is 5.73 Å². The van der Waals surface area contributed by atoms with Gasteiger partial charge in [0.1, 0.15) is 9.84 Å². The maximum Gasteiger partial charge on any atom is 0.237 e. The third-order valence-corrected chi connectivity index (χ3v) is 2.85. The summed E-state index contributed by atoms with van der Waals surface area (Å²) in [4.78, 5) is 11.3. The molecule has 0 aliphatic carbocycles. The van der Waals surface area contributed by atoms with Gasteiger partial charge in [-0.25, -0.2) is 8.42 Å². The Morgan fingerprint density at radius 3 is 2.53 bits per heavy atom. The van der Waals surface area contributed by atoms with E-state index in [-0.39, 0.29) is 24.6 Å². The van der Waals surface area contributed by atoms with Gasteiger partial charge in [-0.3, -0.25) is 4.79 Å². The number of halogens is 1. The number of amides is 1. The number of rotatable bonds is 6. The molecule has 0 aliphatic rings. The van der Waals surface area contributed by atoms with Crippen molar-refractivity contribution in [3.05, 3.63) is 11.1 Å². The SMILES string of the molecule is C=C(Br)CNC(=O)C(N)CCS(C)(=O)=O. The highest BCUT2D eigenvalue weighted by atomic mass is 79.9. The highest BCUT2D eigenvalue weighted by Gasteiger charge is 2.15. The highest BCUT2D eigenvalue weighted by Crippen LogP contribution is 1.98. The number of carbonyl (C=O) groups excluding carboxylic acids is 1. The van der Waals surface area contributed by atoms with Crippen LogP contribution in [0.1, 0.15) is 6.42 Å². The molecule has 0 spiro atoms. The molecule has 7 heteroatoms. The summed E-state index contributed by atoms with van der Waals surface area (Å²) in [6.07, 6.45) is 1.23. The lowest BCUT2D eigenvalue weighted by molar-refractivity contribution is -0.122. The Morgan fingerprint density at radius 2 is 2.13 bits per heavy atom. The molecule has 0 saturated carbocycles. The zero-order chi connectivity index (χ0) is 12.1. The summed E-state index contributed by atoms with van der Waals surface area (Å²) in [5.41, 5.74) is 5.49. The smallest absolute Gasteiger partial charge is 0.237 e. The Kier molecular flexibility index (Phi) is 6.07. The van der Waals surface area contributed by atoms with E-state index in [1.54, 1.807) is 0 Å². The van der Waals surface area contributed by atoms with Crippen LogP contribution in [0.5, 0.6) is 0 Å². The standard InChI is InChI=1S/C8H15BrN2O3S/c1-6(9)5-11-8(12)7(10)3-4-15(2,13)14/h7H,1,3-5,10H2,2H3,(H,11,12). The maximum absolute atomic E-state index is 11.3. The van der Waals surface area contributed by atoms with Crippen molar-refractivity contribution in [1.29, 1.82) is 0 Å². The van der Waals surface area contributed by atoms with Crippen molar-refractivity contribution in [3.8, 4) is 0 Å². The molecule has 1 amide bonds. The summed E-state index contributed by atoms with van der Waals surface area (Å²) in [7, 11) is -3.07. The first kappa shape index (κ1) is 14.6. The lowest BCUT2D eigenvalue weighted by Crippen LogP contribution is -2.41. The summed E-state index contributed by atoms with van der Waals surface area (Å²) < 4.78 is 22.3. The molecular weight excluding hydrogens is 284 g/mol. The summed E-state index contributed by atoms with van der Waals surface area (Å²) >= 11 is 3.08. The van der Waals surface area contributed by atoms with E-state index in [1.165, 1.54) is 0 Å². The van der Waals surface area contributed by atoms with Gasteiger partial charge in [0.05, 0.1) is 11.8 Å². The molecule has 88 valence electrons. The fourth-order valence-corrected chi connectivity index (χ4v) is 1.61.